The second-order valence-electron chi connectivity index (χ2n) is 5.90. The molecular formula is C19H22O5. The fourth-order valence-electron chi connectivity index (χ4n) is 2.25. The Morgan fingerprint density at radius 3 is 2.62 bits per heavy atom. The summed E-state index contributed by atoms with van der Waals surface area (Å²) in [6, 6.07) is 4.84. The monoisotopic (exact) mass is 330 g/mol. The zero-order valence-electron chi connectivity index (χ0n) is 14.1. The Labute approximate surface area is 140 Å². The molecule has 2 N–H and O–H groups in total. The van der Waals surface area contributed by atoms with Gasteiger partial charge in [0.15, 0.2) is 17.1 Å². The zero-order chi connectivity index (χ0) is 17.7. The van der Waals surface area contributed by atoms with E-state index in [1.807, 2.05) is 13.0 Å². The van der Waals surface area contributed by atoms with Crippen LogP contribution in [0, 0.1) is 0 Å². The van der Waals surface area contributed by atoms with Crippen LogP contribution < -0.4 is 10.4 Å². The highest BCUT2D eigenvalue weighted by Crippen LogP contribution is 2.34. The number of fused-ring (bicyclic) bond motifs is 1. The largest absolute Gasteiger partial charge is 0.504 e. The number of ether oxygens (including phenoxy) is 1. The third-order valence-electron chi connectivity index (χ3n) is 3.61. The fraction of sp³-hybridized carbons (Fsp3) is 0.316. The molecule has 0 aliphatic heterocycles. The predicted molar refractivity (Wildman–Crippen MR) is 93.7 cm³/mol. The van der Waals surface area contributed by atoms with Gasteiger partial charge in [-0.15, -0.1) is 0 Å². The predicted octanol–water partition coefficient (Wildman–Crippen LogP) is 4.28. The lowest BCUT2D eigenvalue weighted by atomic mass is 10.1. The van der Waals surface area contributed by atoms with Gasteiger partial charge in [0.2, 0.25) is 5.75 Å². The van der Waals surface area contributed by atoms with E-state index in [2.05, 4.69) is 19.9 Å². The van der Waals surface area contributed by atoms with Gasteiger partial charge in [0.25, 0.3) is 0 Å². The Bertz CT molecular complexity index is 839. The van der Waals surface area contributed by atoms with Crippen molar-refractivity contribution in [2.45, 2.75) is 33.6 Å². The molecule has 1 aromatic carbocycles. The minimum atomic E-state index is -0.996. The Morgan fingerprint density at radius 2 is 1.92 bits per heavy atom. The number of rotatable bonds is 6. The number of hydrogen-bond donors (Lipinski definition) is 2. The van der Waals surface area contributed by atoms with Gasteiger partial charge in [0.1, 0.15) is 6.61 Å². The molecule has 0 atom stereocenters. The van der Waals surface area contributed by atoms with Gasteiger partial charge in [0.05, 0.1) is 5.39 Å². The van der Waals surface area contributed by atoms with E-state index >= 15 is 0 Å². The summed E-state index contributed by atoms with van der Waals surface area (Å²) >= 11 is 0. The van der Waals surface area contributed by atoms with E-state index in [-0.39, 0.29) is 11.0 Å². The van der Waals surface area contributed by atoms with Crippen LogP contribution in [0.1, 0.15) is 33.6 Å². The van der Waals surface area contributed by atoms with Crippen molar-refractivity contribution in [3.8, 4) is 17.2 Å². The van der Waals surface area contributed by atoms with Gasteiger partial charge in [-0.25, -0.2) is 4.79 Å². The highest BCUT2D eigenvalue weighted by Gasteiger charge is 2.15. The average Bonchev–Trinajstić information content (AvgIpc) is 2.53. The van der Waals surface area contributed by atoms with Crippen molar-refractivity contribution in [1.82, 2.24) is 0 Å². The number of hydrogen-bond acceptors (Lipinski definition) is 5. The molecule has 0 saturated carbocycles. The quantitative estimate of drug-likeness (QED) is 0.610. The fourth-order valence-corrected chi connectivity index (χ4v) is 2.25. The summed E-state index contributed by atoms with van der Waals surface area (Å²) in [6.45, 7) is 6.51. The normalized spacial score (nSPS) is 11.5. The maximum atomic E-state index is 11.5. The Morgan fingerprint density at radius 1 is 1.17 bits per heavy atom. The number of aromatic hydroxyl groups is 2. The highest BCUT2D eigenvalue weighted by molar-refractivity contribution is 5.89. The van der Waals surface area contributed by atoms with Crippen LogP contribution in [-0.2, 0) is 0 Å². The van der Waals surface area contributed by atoms with Crippen LogP contribution in [0.5, 0.6) is 17.2 Å². The maximum absolute atomic E-state index is 11.5. The molecular weight excluding hydrogens is 308 g/mol. The van der Waals surface area contributed by atoms with Crippen molar-refractivity contribution in [3.05, 3.63) is 51.9 Å². The van der Waals surface area contributed by atoms with Crippen molar-refractivity contribution >= 4 is 11.0 Å². The van der Waals surface area contributed by atoms with Crippen molar-refractivity contribution in [2.75, 3.05) is 6.61 Å². The van der Waals surface area contributed by atoms with E-state index in [4.69, 9.17) is 9.15 Å². The van der Waals surface area contributed by atoms with E-state index in [1.54, 1.807) is 18.2 Å². The van der Waals surface area contributed by atoms with Crippen molar-refractivity contribution in [1.29, 1.82) is 0 Å². The Balaban J connectivity index is 2.14. The molecule has 0 radical (unpaired) electrons. The summed E-state index contributed by atoms with van der Waals surface area (Å²) in [5.41, 5.74) is 1.63. The van der Waals surface area contributed by atoms with Gasteiger partial charge >= 0.3 is 5.63 Å². The molecule has 0 saturated heterocycles. The molecule has 128 valence electrons. The molecule has 0 bridgehead atoms. The lowest BCUT2D eigenvalue weighted by Crippen LogP contribution is -2.01. The van der Waals surface area contributed by atoms with E-state index in [0.29, 0.717) is 12.4 Å². The summed E-state index contributed by atoms with van der Waals surface area (Å²) in [7, 11) is 0. The molecule has 0 aliphatic carbocycles. The first-order valence-corrected chi connectivity index (χ1v) is 7.79. The highest BCUT2D eigenvalue weighted by atomic mass is 16.5. The molecule has 5 heteroatoms. The smallest absolute Gasteiger partial charge is 0.382 e. The topological polar surface area (TPSA) is 79.9 Å². The zero-order valence-corrected chi connectivity index (χ0v) is 14.1. The van der Waals surface area contributed by atoms with E-state index < -0.39 is 17.1 Å². The molecule has 0 spiro atoms. The molecule has 5 nitrogen and oxygen atoms in total. The molecule has 2 rings (SSSR count). The summed E-state index contributed by atoms with van der Waals surface area (Å²) in [5, 5.41) is 19.5. The van der Waals surface area contributed by atoms with Gasteiger partial charge in [-0.05, 0) is 51.8 Å². The molecule has 1 aromatic heterocycles. The molecule has 1 heterocycles. The van der Waals surface area contributed by atoms with Crippen LogP contribution in [0.15, 0.2) is 50.7 Å². The second-order valence-corrected chi connectivity index (χ2v) is 5.90. The summed E-state index contributed by atoms with van der Waals surface area (Å²) in [5.74, 6) is -0.956. The standard InChI is InChI=1S/C19H22O5/c1-12(2)6-4-7-13(3)10-11-23-15-9-5-8-14-16(20)17(21)19(22)24-18(14)15/h5-6,8-10,20-21H,4,7,11H2,1-3H3/b13-10+. The Kier molecular flexibility index (Phi) is 5.68. The molecule has 0 fully saturated rings. The first kappa shape index (κ1) is 17.7. The number of benzene rings is 1. The van der Waals surface area contributed by atoms with Crippen LogP contribution in [0.2, 0.25) is 0 Å². The minimum absolute atomic E-state index is 0.119. The third kappa shape index (κ3) is 4.19. The van der Waals surface area contributed by atoms with E-state index in [0.717, 1.165) is 12.8 Å². The van der Waals surface area contributed by atoms with Gasteiger partial charge in [-0.1, -0.05) is 23.3 Å². The lowest BCUT2D eigenvalue weighted by Gasteiger charge is -2.08. The first-order chi connectivity index (χ1) is 11.4. The van der Waals surface area contributed by atoms with Crippen LogP contribution in [0.4, 0.5) is 0 Å². The van der Waals surface area contributed by atoms with Crippen molar-refractivity contribution in [3.63, 3.8) is 0 Å². The summed E-state index contributed by atoms with van der Waals surface area (Å²) in [4.78, 5) is 11.5. The maximum Gasteiger partial charge on any atom is 0.382 e. The first-order valence-electron chi connectivity index (χ1n) is 7.79. The minimum Gasteiger partial charge on any atom is -0.504 e. The Hall–Kier alpha value is -2.69. The molecule has 24 heavy (non-hydrogen) atoms. The second kappa shape index (κ2) is 7.73. The third-order valence-corrected chi connectivity index (χ3v) is 3.61. The molecule has 0 aliphatic rings. The van der Waals surface area contributed by atoms with E-state index in [9.17, 15) is 15.0 Å². The van der Waals surface area contributed by atoms with E-state index in [1.165, 1.54) is 11.1 Å². The summed E-state index contributed by atoms with van der Waals surface area (Å²) < 4.78 is 10.7. The van der Waals surface area contributed by atoms with Crippen LogP contribution >= 0.6 is 0 Å². The molecule has 0 unspecified atom stereocenters. The van der Waals surface area contributed by atoms with Crippen LogP contribution in [-0.4, -0.2) is 16.8 Å². The van der Waals surface area contributed by atoms with Gasteiger partial charge in [0, 0.05) is 0 Å². The number of allylic oxidation sites excluding steroid dienone is 3. The van der Waals surface area contributed by atoms with Gasteiger partial charge in [-0.2, -0.15) is 0 Å². The van der Waals surface area contributed by atoms with Gasteiger partial charge < -0.3 is 19.4 Å². The van der Waals surface area contributed by atoms with Crippen LogP contribution in [0.3, 0.4) is 0 Å². The molecule has 2 aromatic rings. The van der Waals surface area contributed by atoms with Crippen molar-refractivity contribution < 1.29 is 19.4 Å². The van der Waals surface area contributed by atoms with Crippen LogP contribution in [0.25, 0.3) is 11.0 Å². The molecule has 0 amide bonds. The lowest BCUT2D eigenvalue weighted by molar-refractivity contribution is 0.349. The van der Waals surface area contributed by atoms with Crippen molar-refractivity contribution in [2.24, 2.45) is 0 Å². The average molecular weight is 330 g/mol. The SMILES string of the molecule is CC(C)=CCC/C(C)=C/COc1cccc2c(O)c(O)c(=O)oc12. The summed E-state index contributed by atoms with van der Waals surface area (Å²) in [6.07, 6.45) is 6.09. The number of para-hydroxylation sites is 1. The van der Waals surface area contributed by atoms with Gasteiger partial charge in [-0.3, -0.25) is 0 Å².